The molecule has 1 heterocycles. The fourth-order valence-electron chi connectivity index (χ4n) is 1.87. The molecule has 0 aliphatic rings. The summed E-state index contributed by atoms with van der Waals surface area (Å²) in [4.78, 5) is 3.74. The average molecular weight is 326 g/mol. The highest BCUT2D eigenvalue weighted by molar-refractivity contribution is 7.92. The fourth-order valence-corrected chi connectivity index (χ4v) is 3.16. The molecule has 1 aromatic carbocycles. The molecule has 7 heteroatoms. The lowest BCUT2D eigenvalue weighted by atomic mass is 10.0. The molecule has 2 rings (SSSR count). The number of anilines is 2. The summed E-state index contributed by atoms with van der Waals surface area (Å²) in [5.74, 6) is 0.287. The van der Waals surface area contributed by atoms with E-state index < -0.39 is 10.0 Å². The number of nitrogens with one attached hydrogen (secondary N) is 1. The van der Waals surface area contributed by atoms with Crippen molar-refractivity contribution in [3.8, 4) is 0 Å². The van der Waals surface area contributed by atoms with Crippen LogP contribution >= 0.6 is 11.6 Å². The third-order valence-corrected chi connectivity index (χ3v) is 4.62. The number of halogens is 1. The van der Waals surface area contributed by atoms with Gasteiger partial charge in [-0.15, -0.1) is 0 Å². The Morgan fingerprint density at radius 3 is 2.57 bits per heavy atom. The number of benzene rings is 1. The minimum Gasteiger partial charge on any atom is -0.382 e. The lowest BCUT2D eigenvalue weighted by Gasteiger charge is -2.14. The maximum atomic E-state index is 12.4. The lowest BCUT2D eigenvalue weighted by molar-refractivity contribution is 0.600. The molecule has 1 aromatic heterocycles. The molecule has 0 amide bonds. The number of para-hydroxylation sites is 1. The van der Waals surface area contributed by atoms with E-state index in [1.807, 2.05) is 26.0 Å². The first-order valence-electron chi connectivity index (χ1n) is 6.34. The SMILES string of the molecule is CC(C)c1ccccc1NS(=O)(=O)c1cnc(N)c(Cl)c1. The number of aromatic nitrogens is 1. The van der Waals surface area contributed by atoms with E-state index in [9.17, 15) is 8.42 Å². The van der Waals surface area contributed by atoms with Gasteiger partial charge in [-0.05, 0) is 23.6 Å². The molecule has 0 radical (unpaired) electrons. The molecule has 3 N–H and O–H groups in total. The summed E-state index contributed by atoms with van der Waals surface area (Å²) in [6, 6.07) is 8.53. The van der Waals surface area contributed by atoms with Gasteiger partial charge in [-0.3, -0.25) is 4.72 Å². The molecule has 0 aliphatic heterocycles. The molecule has 2 aromatic rings. The number of sulfonamides is 1. The van der Waals surface area contributed by atoms with Crippen molar-refractivity contribution in [3.05, 3.63) is 47.1 Å². The first-order valence-corrected chi connectivity index (χ1v) is 8.20. The summed E-state index contributed by atoms with van der Waals surface area (Å²) in [5, 5.41) is 0.106. The molecule has 112 valence electrons. The molecule has 5 nitrogen and oxygen atoms in total. The maximum Gasteiger partial charge on any atom is 0.263 e. The summed E-state index contributed by atoms with van der Waals surface area (Å²) in [6.45, 7) is 3.99. The van der Waals surface area contributed by atoms with Crippen LogP contribution in [0.5, 0.6) is 0 Å². The van der Waals surface area contributed by atoms with E-state index in [-0.39, 0.29) is 21.7 Å². The van der Waals surface area contributed by atoms with Crippen LogP contribution in [-0.4, -0.2) is 13.4 Å². The van der Waals surface area contributed by atoms with Crippen LogP contribution in [0.15, 0.2) is 41.4 Å². The van der Waals surface area contributed by atoms with Gasteiger partial charge in [-0.2, -0.15) is 0 Å². The minimum absolute atomic E-state index is 0.0275. The van der Waals surface area contributed by atoms with E-state index >= 15 is 0 Å². The van der Waals surface area contributed by atoms with Crippen LogP contribution in [0, 0.1) is 0 Å². The Bertz CT molecular complexity index is 761. The van der Waals surface area contributed by atoms with Crippen LogP contribution in [0.3, 0.4) is 0 Å². The van der Waals surface area contributed by atoms with Crippen molar-refractivity contribution in [1.29, 1.82) is 0 Å². The van der Waals surface area contributed by atoms with Gasteiger partial charge in [-0.1, -0.05) is 43.6 Å². The Hall–Kier alpha value is -1.79. The van der Waals surface area contributed by atoms with Crippen LogP contribution < -0.4 is 10.5 Å². The average Bonchev–Trinajstić information content (AvgIpc) is 2.41. The number of nitrogen functional groups attached to an aromatic ring is 1. The summed E-state index contributed by atoms with van der Waals surface area (Å²) < 4.78 is 27.3. The van der Waals surface area contributed by atoms with Gasteiger partial charge in [0.05, 0.1) is 10.7 Å². The zero-order valence-electron chi connectivity index (χ0n) is 11.7. The van der Waals surface area contributed by atoms with E-state index in [4.69, 9.17) is 17.3 Å². The van der Waals surface area contributed by atoms with E-state index in [0.29, 0.717) is 5.69 Å². The first-order chi connectivity index (χ1) is 9.81. The topological polar surface area (TPSA) is 85.1 Å². The first kappa shape index (κ1) is 15.6. The second-order valence-electron chi connectivity index (χ2n) is 4.89. The molecule has 21 heavy (non-hydrogen) atoms. The highest BCUT2D eigenvalue weighted by Gasteiger charge is 2.18. The molecule has 0 atom stereocenters. The summed E-state index contributed by atoms with van der Waals surface area (Å²) in [6.07, 6.45) is 1.18. The Kier molecular flexibility index (Phi) is 4.39. The van der Waals surface area contributed by atoms with Crippen molar-refractivity contribution in [2.75, 3.05) is 10.5 Å². The lowest BCUT2D eigenvalue weighted by Crippen LogP contribution is -2.15. The van der Waals surface area contributed by atoms with Crippen LogP contribution in [0.4, 0.5) is 11.5 Å². The second kappa shape index (κ2) is 5.91. The Labute approximate surface area is 129 Å². The largest absolute Gasteiger partial charge is 0.382 e. The van der Waals surface area contributed by atoms with Gasteiger partial charge in [0.15, 0.2) is 0 Å². The summed E-state index contributed by atoms with van der Waals surface area (Å²) >= 11 is 5.82. The van der Waals surface area contributed by atoms with E-state index in [1.165, 1.54) is 12.3 Å². The van der Waals surface area contributed by atoms with Gasteiger partial charge in [0, 0.05) is 6.20 Å². The maximum absolute atomic E-state index is 12.4. The van der Waals surface area contributed by atoms with Crippen LogP contribution in [0.25, 0.3) is 0 Å². The van der Waals surface area contributed by atoms with Crippen molar-refractivity contribution in [2.24, 2.45) is 0 Å². The van der Waals surface area contributed by atoms with Gasteiger partial charge < -0.3 is 5.73 Å². The summed E-state index contributed by atoms with van der Waals surface area (Å²) in [7, 11) is -3.76. The molecule has 0 aliphatic carbocycles. The van der Waals surface area contributed by atoms with Crippen molar-refractivity contribution < 1.29 is 8.42 Å². The quantitative estimate of drug-likeness (QED) is 0.903. The Morgan fingerprint density at radius 2 is 1.95 bits per heavy atom. The number of hydrogen-bond donors (Lipinski definition) is 2. The van der Waals surface area contributed by atoms with E-state index in [0.717, 1.165) is 5.56 Å². The van der Waals surface area contributed by atoms with Gasteiger partial charge in [0.2, 0.25) is 0 Å². The number of pyridine rings is 1. The van der Waals surface area contributed by atoms with Crippen LogP contribution in [-0.2, 0) is 10.0 Å². The predicted molar refractivity (Wildman–Crippen MR) is 85.0 cm³/mol. The zero-order valence-corrected chi connectivity index (χ0v) is 13.2. The van der Waals surface area contributed by atoms with Crippen LogP contribution in [0.2, 0.25) is 5.02 Å². The molecule has 0 saturated carbocycles. The monoisotopic (exact) mass is 325 g/mol. The minimum atomic E-state index is -3.76. The molecule has 0 bridgehead atoms. The molecule has 0 fully saturated rings. The normalized spacial score (nSPS) is 11.6. The van der Waals surface area contributed by atoms with E-state index in [2.05, 4.69) is 9.71 Å². The third-order valence-electron chi connectivity index (χ3n) is 2.98. The molecular formula is C14H16ClN3O2S. The van der Waals surface area contributed by atoms with Gasteiger partial charge in [0.1, 0.15) is 10.7 Å². The standard InChI is InChI=1S/C14H16ClN3O2S/c1-9(2)11-5-3-4-6-13(11)18-21(19,20)10-7-12(15)14(16)17-8-10/h3-9,18H,1-2H3,(H2,16,17). The van der Waals surface area contributed by atoms with Gasteiger partial charge >= 0.3 is 0 Å². The van der Waals surface area contributed by atoms with Crippen molar-refractivity contribution in [1.82, 2.24) is 4.98 Å². The Morgan fingerprint density at radius 1 is 1.29 bits per heavy atom. The Balaban J connectivity index is 2.40. The van der Waals surface area contributed by atoms with E-state index in [1.54, 1.807) is 12.1 Å². The third kappa shape index (κ3) is 3.46. The number of nitrogens with two attached hydrogens (primary N) is 1. The predicted octanol–water partition coefficient (Wildman–Crippen LogP) is 3.24. The number of hydrogen-bond acceptors (Lipinski definition) is 4. The van der Waals surface area contributed by atoms with Gasteiger partial charge in [0.25, 0.3) is 10.0 Å². The smallest absolute Gasteiger partial charge is 0.263 e. The van der Waals surface area contributed by atoms with Crippen molar-refractivity contribution in [2.45, 2.75) is 24.7 Å². The highest BCUT2D eigenvalue weighted by atomic mass is 35.5. The number of nitrogens with zero attached hydrogens (tertiary/aromatic N) is 1. The van der Waals surface area contributed by atoms with Crippen LogP contribution in [0.1, 0.15) is 25.3 Å². The van der Waals surface area contributed by atoms with Crippen molar-refractivity contribution in [3.63, 3.8) is 0 Å². The number of rotatable bonds is 4. The summed E-state index contributed by atoms with van der Waals surface area (Å²) in [5.41, 5.74) is 6.94. The second-order valence-corrected chi connectivity index (χ2v) is 6.98. The fraction of sp³-hybridized carbons (Fsp3) is 0.214. The molecule has 0 spiro atoms. The molecule has 0 unspecified atom stereocenters. The molecular weight excluding hydrogens is 310 g/mol. The zero-order chi connectivity index (χ0) is 15.6. The molecule has 0 saturated heterocycles. The van der Waals surface area contributed by atoms with Crippen molar-refractivity contribution >= 4 is 33.1 Å². The highest BCUT2D eigenvalue weighted by Crippen LogP contribution is 2.27. The van der Waals surface area contributed by atoms with Gasteiger partial charge in [-0.25, -0.2) is 13.4 Å².